The number of nitrogens with zero attached hydrogens (tertiary/aromatic N) is 6. The van der Waals surface area contributed by atoms with Crippen LogP contribution in [0.5, 0.6) is 0 Å². The first-order valence-electron chi connectivity index (χ1n) is 13.7. The molecule has 6 heteroatoms. The minimum atomic E-state index is 0.641. The fourth-order valence-corrected chi connectivity index (χ4v) is 5.56. The third kappa shape index (κ3) is 4.14. The summed E-state index contributed by atoms with van der Waals surface area (Å²) >= 11 is 0. The molecule has 0 fully saturated rings. The zero-order chi connectivity index (χ0) is 27.9. The molecule has 196 valence electrons. The lowest BCUT2D eigenvalue weighted by Crippen LogP contribution is -1.96. The van der Waals surface area contributed by atoms with Gasteiger partial charge in [0.05, 0.1) is 0 Å². The molecule has 0 aliphatic carbocycles. The molecule has 6 aromatic carbocycles. The molecule has 42 heavy (non-hydrogen) atoms. The summed E-state index contributed by atoms with van der Waals surface area (Å²) in [6.45, 7) is 0. The van der Waals surface area contributed by atoms with Crippen molar-refractivity contribution >= 4 is 32.3 Å². The Hall–Kier alpha value is -5.88. The van der Waals surface area contributed by atoms with E-state index in [1.165, 1.54) is 5.39 Å². The van der Waals surface area contributed by atoms with E-state index >= 15 is 0 Å². The van der Waals surface area contributed by atoms with Crippen LogP contribution >= 0.6 is 0 Å². The van der Waals surface area contributed by atoms with Crippen LogP contribution < -0.4 is 0 Å². The lowest BCUT2D eigenvalue weighted by atomic mass is 9.92. The van der Waals surface area contributed by atoms with Crippen molar-refractivity contribution in [2.75, 3.05) is 0 Å². The summed E-state index contributed by atoms with van der Waals surface area (Å²) < 4.78 is 0. The van der Waals surface area contributed by atoms with Crippen molar-refractivity contribution < 1.29 is 0 Å². The zero-order valence-electron chi connectivity index (χ0n) is 22.4. The van der Waals surface area contributed by atoms with E-state index in [0.29, 0.717) is 23.3 Å². The average molecular weight is 539 g/mol. The molecule has 0 spiro atoms. The summed E-state index contributed by atoms with van der Waals surface area (Å²) in [6, 6.07) is 41.3. The monoisotopic (exact) mass is 538 g/mol. The van der Waals surface area contributed by atoms with Gasteiger partial charge in [-0.1, -0.05) is 109 Å². The molecule has 0 radical (unpaired) electrons. The molecule has 0 saturated carbocycles. The lowest BCUT2D eigenvalue weighted by Gasteiger charge is -2.13. The van der Waals surface area contributed by atoms with Gasteiger partial charge in [-0.2, -0.15) is 0 Å². The van der Waals surface area contributed by atoms with Crippen LogP contribution in [-0.2, 0) is 0 Å². The minimum absolute atomic E-state index is 0.641. The fourth-order valence-electron chi connectivity index (χ4n) is 5.56. The van der Waals surface area contributed by atoms with Crippen molar-refractivity contribution in [3.8, 4) is 45.6 Å². The van der Waals surface area contributed by atoms with Gasteiger partial charge in [0.25, 0.3) is 0 Å². The molecule has 2 heterocycles. The van der Waals surface area contributed by atoms with Crippen LogP contribution in [0, 0.1) is 0 Å². The predicted octanol–water partition coefficient (Wildman–Crippen LogP) is 8.18. The van der Waals surface area contributed by atoms with Gasteiger partial charge >= 0.3 is 0 Å². The summed E-state index contributed by atoms with van der Waals surface area (Å²) in [5, 5.41) is 6.77. The summed E-state index contributed by atoms with van der Waals surface area (Å²) in [7, 11) is 0. The highest BCUT2D eigenvalue weighted by Crippen LogP contribution is 2.38. The van der Waals surface area contributed by atoms with E-state index in [9.17, 15) is 0 Å². The second-order valence-electron chi connectivity index (χ2n) is 10.1. The first-order chi connectivity index (χ1) is 20.8. The maximum Gasteiger partial charge on any atom is 0.164 e. The molecule has 8 rings (SSSR count). The van der Waals surface area contributed by atoms with E-state index in [0.717, 1.165) is 49.2 Å². The van der Waals surface area contributed by atoms with Gasteiger partial charge in [-0.25, -0.2) is 29.9 Å². The Morgan fingerprint density at radius 3 is 1.57 bits per heavy atom. The normalized spacial score (nSPS) is 11.3. The van der Waals surface area contributed by atoms with Gasteiger partial charge in [-0.15, -0.1) is 0 Å². The molecule has 0 aliphatic rings. The van der Waals surface area contributed by atoms with Gasteiger partial charge in [0.2, 0.25) is 0 Å². The molecule has 0 bridgehead atoms. The Morgan fingerprint density at radius 2 is 0.881 bits per heavy atom. The number of fused-ring (bicyclic) bond motifs is 5. The lowest BCUT2D eigenvalue weighted by molar-refractivity contribution is 1.07. The van der Waals surface area contributed by atoms with E-state index in [4.69, 9.17) is 9.97 Å². The third-order valence-corrected chi connectivity index (χ3v) is 7.55. The first kappa shape index (κ1) is 24.0. The molecule has 0 saturated heterocycles. The van der Waals surface area contributed by atoms with Gasteiger partial charge in [0.1, 0.15) is 12.7 Å². The van der Waals surface area contributed by atoms with Crippen LogP contribution in [-0.4, -0.2) is 29.9 Å². The van der Waals surface area contributed by atoms with Gasteiger partial charge < -0.3 is 0 Å². The summed E-state index contributed by atoms with van der Waals surface area (Å²) in [5.41, 5.74) is 3.82. The van der Waals surface area contributed by atoms with Crippen molar-refractivity contribution in [2.45, 2.75) is 0 Å². The Kier molecular flexibility index (Phi) is 5.67. The highest BCUT2D eigenvalue weighted by molar-refractivity contribution is 6.23. The largest absolute Gasteiger partial charge is 0.217 e. The Balaban J connectivity index is 1.32. The van der Waals surface area contributed by atoms with Gasteiger partial charge in [0.15, 0.2) is 23.3 Å². The molecule has 2 aromatic heterocycles. The van der Waals surface area contributed by atoms with Crippen LogP contribution in [0.2, 0.25) is 0 Å². The summed E-state index contributed by atoms with van der Waals surface area (Å²) in [6.07, 6.45) is 3.17. The smallest absolute Gasteiger partial charge is 0.164 e. The molecule has 0 aliphatic heterocycles. The van der Waals surface area contributed by atoms with Crippen LogP contribution in [0.15, 0.2) is 134 Å². The molecule has 0 atom stereocenters. The predicted molar refractivity (Wildman–Crippen MR) is 167 cm³/mol. The quantitative estimate of drug-likeness (QED) is 0.210. The van der Waals surface area contributed by atoms with E-state index in [-0.39, 0.29) is 0 Å². The van der Waals surface area contributed by atoms with Crippen molar-refractivity contribution in [3.63, 3.8) is 0 Å². The second kappa shape index (κ2) is 9.94. The molecular weight excluding hydrogens is 516 g/mol. The molecule has 0 amide bonds. The SMILES string of the molecule is c1ccc(-c2ncnc(-c3ccc4ccc5cc(-c6ncnc(-c7ccccc7)n6)c6ccccc6c5c4c3)n2)cc1. The number of aromatic nitrogens is 6. The van der Waals surface area contributed by atoms with Gasteiger partial charge in [-0.3, -0.25) is 0 Å². The Morgan fingerprint density at radius 1 is 0.357 bits per heavy atom. The van der Waals surface area contributed by atoms with Crippen molar-refractivity contribution in [1.29, 1.82) is 0 Å². The van der Waals surface area contributed by atoms with Crippen molar-refractivity contribution in [1.82, 2.24) is 29.9 Å². The molecule has 0 N–H and O–H groups in total. The van der Waals surface area contributed by atoms with Crippen LogP contribution in [0.25, 0.3) is 77.9 Å². The standard InChI is InChI=1S/C36H22N6/c1-3-9-24(10-4-1)33-37-21-39-35(41-33)27-18-16-23-15-17-26-19-31(28-13-7-8-14-29(28)32(26)30(23)20-27)36-40-22-38-34(42-36)25-11-5-2-6-12-25/h1-22H. The third-order valence-electron chi connectivity index (χ3n) is 7.55. The van der Waals surface area contributed by atoms with Crippen LogP contribution in [0.1, 0.15) is 0 Å². The molecule has 6 nitrogen and oxygen atoms in total. The maximum atomic E-state index is 4.87. The molecule has 0 unspecified atom stereocenters. The highest BCUT2D eigenvalue weighted by atomic mass is 15.0. The maximum absolute atomic E-state index is 4.87. The zero-order valence-corrected chi connectivity index (χ0v) is 22.4. The Labute approximate surface area is 241 Å². The van der Waals surface area contributed by atoms with E-state index in [1.54, 1.807) is 12.7 Å². The van der Waals surface area contributed by atoms with E-state index in [1.807, 2.05) is 60.7 Å². The number of hydrogen-bond acceptors (Lipinski definition) is 6. The van der Waals surface area contributed by atoms with Gasteiger partial charge in [-0.05, 0) is 44.5 Å². The first-order valence-corrected chi connectivity index (χ1v) is 13.7. The molecule has 8 aromatic rings. The van der Waals surface area contributed by atoms with Gasteiger partial charge in [0, 0.05) is 22.3 Å². The Bertz CT molecular complexity index is 2240. The number of hydrogen-bond donors (Lipinski definition) is 0. The van der Waals surface area contributed by atoms with Crippen LogP contribution in [0.3, 0.4) is 0 Å². The minimum Gasteiger partial charge on any atom is -0.217 e. The summed E-state index contributed by atoms with van der Waals surface area (Å²) in [5.74, 6) is 2.60. The average Bonchev–Trinajstić information content (AvgIpc) is 3.08. The number of benzene rings is 6. The topological polar surface area (TPSA) is 77.3 Å². The van der Waals surface area contributed by atoms with E-state index in [2.05, 4.69) is 80.6 Å². The van der Waals surface area contributed by atoms with Crippen molar-refractivity contribution in [2.24, 2.45) is 0 Å². The van der Waals surface area contributed by atoms with E-state index < -0.39 is 0 Å². The van der Waals surface area contributed by atoms with Crippen LogP contribution in [0.4, 0.5) is 0 Å². The second-order valence-corrected chi connectivity index (χ2v) is 10.1. The molecular formula is C36H22N6. The highest BCUT2D eigenvalue weighted by Gasteiger charge is 2.15. The fraction of sp³-hybridized carbons (Fsp3) is 0. The summed E-state index contributed by atoms with van der Waals surface area (Å²) in [4.78, 5) is 27.7. The number of rotatable bonds is 4. The van der Waals surface area contributed by atoms with Crippen molar-refractivity contribution in [3.05, 3.63) is 134 Å².